The third-order valence-electron chi connectivity index (χ3n) is 3.11. The van der Waals surface area contributed by atoms with Crippen LogP contribution in [0.3, 0.4) is 0 Å². The summed E-state index contributed by atoms with van der Waals surface area (Å²) in [5.74, 6) is 0.849. The SMILES string of the molecule is CC1(C)C=CC(O)(Cc2ccco2)CC1. The lowest BCUT2D eigenvalue weighted by Crippen LogP contribution is -2.34. The van der Waals surface area contributed by atoms with Gasteiger partial charge in [-0.25, -0.2) is 0 Å². The molecule has 2 heteroatoms. The molecule has 2 nitrogen and oxygen atoms in total. The van der Waals surface area contributed by atoms with Gasteiger partial charge >= 0.3 is 0 Å². The molecule has 1 heterocycles. The molecule has 15 heavy (non-hydrogen) atoms. The van der Waals surface area contributed by atoms with Gasteiger partial charge in [-0.3, -0.25) is 0 Å². The molecule has 2 rings (SSSR count). The van der Waals surface area contributed by atoms with E-state index in [1.54, 1.807) is 6.26 Å². The molecule has 1 aliphatic carbocycles. The Morgan fingerprint density at radius 2 is 2.13 bits per heavy atom. The minimum absolute atomic E-state index is 0.218. The highest BCUT2D eigenvalue weighted by molar-refractivity contribution is 5.15. The zero-order valence-electron chi connectivity index (χ0n) is 9.36. The molecule has 0 radical (unpaired) electrons. The van der Waals surface area contributed by atoms with E-state index in [1.165, 1.54) is 0 Å². The lowest BCUT2D eigenvalue weighted by Gasteiger charge is -2.34. The maximum Gasteiger partial charge on any atom is 0.106 e. The molecule has 0 spiro atoms. The maximum atomic E-state index is 10.3. The first kappa shape index (κ1) is 10.5. The average molecular weight is 206 g/mol. The first-order valence-electron chi connectivity index (χ1n) is 5.44. The number of rotatable bonds is 2. The second kappa shape index (κ2) is 3.53. The van der Waals surface area contributed by atoms with E-state index in [9.17, 15) is 5.11 Å². The van der Waals surface area contributed by atoms with Crippen LogP contribution in [0.5, 0.6) is 0 Å². The fraction of sp³-hybridized carbons (Fsp3) is 0.538. The molecule has 0 aromatic carbocycles. The van der Waals surface area contributed by atoms with E-state index in [2.05, 4.69) is 19.9 Å². The smallest absolute Gasteiger partial charge is 0.106 e. The highest BCUT2D eigenvalue weighted by Crippen LogP contribution is 2.35. The molecule has 0 aliphatic heterocycles. The van der Waals surface area contributed by atoms with Gasteiger partial charge in [-0.05, 0) is 30.4 Å². The summed E-state index contributed by atoms with van der Waals surface area (Å²) in [6.45, 7) is 4.38. The average Bonchev–Trinajstić information content (AvgIpc) is 2.64. The summed E-state index contributed by atoms with van der Waals surface area (Å²) in [7, 11) is 0. The topological polar surface area (TPSA) is 33.4 Å². The first-order valence-corrected chi connectivity index (χ1v) is 5.44. The van der Waals surface area contributed by atoms with Crippen molar-refractivity contribution in [1.29, 1.82) is 0 Å². The number of hydrogen-bond donors (Lipinski definition) is 1. The van der Waals surface area contributed by atoms with E-state index in [1.807, 2.05) is 18.2 Å². The fourth-order valence-corrected chi connectivity index (χ4v) is 1.95. The van der Waals surface area contributed by atoms with Crippen molar-refractivity contribution in [1.82, 2.24) is 0 Å². The molecule has 0 fully saturated rings. The van der Waals surface area contributed by atoms with Crippen molar-refractivity contribution in [3.63, 3.8) is 0 Å². The van der Waals surface area contributed by atoms with Gasteiger partial charge in [-0.1, -0.05) is 26.0 Å². The summed E-state index contributed by atoms with van der Waals surface area (Å²) >= 11 is 0. The molecule has 0 saturated heterocycles. The quantitative estimate of drug-likeness (QED) is 0.755. The fourth-order valence-electron chi connectivity index (χ4n) is 1.95. The molecule has 0 bridgehead atoms. The Balaban J connectivity index is 2.09. The standard InChI is InChI=1S/C13H18O2/c1-12(2)5-7-13(14,8-6-12)10-11-4-3-9-15-11/h3-5,7,9,14H,6,8,10H2,1-2H3. The van der Waals surface area contributed by atoms with Gasteiger partial charge in [-0.2, -0.15) is 0 Å². The summed E-state index contributed by atoms with van der Waals surface area (Å²) in [6, 6.07) is 3.76. The van der Waals surface area contributed by atoms with Crippen molar-refractivity contribution in [3.8, 4) is 0 Å². The lowest BCUT2D eigenvalue weighted by molar-refractivity contribution is 0.0561. The summed E-state index contributed by atoms with van der Waals surface area (Å²) < 4.78 is 5.26. The van der Waals surface area contributed by atoms with Gasteiger partial charge in [0.05, 0.1) is 11.9 Å². The van der Waals surface area contributed by atoms with Crippen LogP contribution in [0.2, 0.25) is 0 Å². The molecule has 0 saturated carbocycles. The summed E-state index contributed by atoms with van der Waals surface area (Å²) in [6.07, 6.45) is 8.08. The van der Waals surface area contributed by atoms with Gasteiger partial charge in [0.2, 0.25) is 0 Å². The van der Waals surface area contributed by atoms with Crippen molar-refractivity contribution < 1.29 is 9.52 Å². The molecule has 0 amide bonds. The molecule has 1 atom stereocenters. The molecule has 1 N–H and O–H groups in total. The predicted molar refractivity (Wildman–Crippen MR) is 59.5 cm³/mol. The second-order valence-electron chi connectivity index (χ2n) is 5.18. The molecule has 82 valence electrons. The summed E-state index contributed by atoms with van der Waals surface area (Å²) in [5.41, 5.74) is -0.497. The van der Waals surface area contributed by atoms with E-state index >= 15 is 0 Å². The number of hydrogen-bond acceptors (Lipinski definition) is 2. The Kier molecular flexibility index (Phi) is 2.47. The van der Waals surface area contributed by atoms with E-state index in [-0.39, 0.29) is 5.41 Å². The predicted octanol–water partition coefficient (Wildman–Crippen LogP) is 2.93. The van der Waals surface area contributed by atoms with Crippen LogP contribution in [0, 0.1) is 5.41 Å². The van der Waals surface area contributed by atoms with Crippen LogP contribution in [0.1, 0.15) is 32.4 Å². The maximum absolute atomic E-state index is 10.3. The third-order valence-corrected chi connectivity index (χ3v) is 3.11. The molecular weight excluding hydrogens is 188 g/mol. The highest BCUT2D eigenvalue weighted by atomic mass is 16.3. The van der Waals surface area contributed by atoms with Crippen LogP contribution in [-0.2, 0) is 6.42 Å². The van der Waals surface area contributed by atoms with Crippen LogP contribution >= 0.6 is 0 Å². The van der Waals surface area contributed by atoms with Crippen molar-refractivity contribution in [2.24, 2.45) is 5.41 Å². The molecule has 1 unspecified atom stereocenters. The Hall–Kier alpha value is -1.02. The van der Waals surface area contributed by atoms with Gasteiger partial charge in [-0.15, -0.1) is 0 Å². The van der Waals surface area contributed by atoms with Gasteiger partial charge in [0.15, 0.2) is 0 Å². The lowest BCUT2D eigenvalue weighted by atomic mass is 9.75. The molecular formula is C13H18O2. The zero-order chi connectivity index (χ0) is 10.9. The number of furan rings is 1. The molecule has 1 aromatic rings. The van der Waals surface area contributed by atoms with Crippen molar-refractivity contribution >= 4 is 0 Å². The Bertz CT molecular complexity index is 349. The normalized spacial score (nSPS) is 29.3. The summed E-state index contributed by atoms with van der Waals surface area (Å²) in [4.78, 5) is 0. The van der Waals surface area contributed by atoms with Crippen LogP contribution in [-0.4, -0.2) is 10.7 Å². The van der Waals surface area contributed by atoms with Crippen LogP contribution in [0.4, 0.5) is 0 Å². The van der Waals surface area contributed by atoms with Gasteiger partial charge in [0.1, 0.15) is 5.76 Å². The first-order chi connectivity index (χ1) is 6.99. The largest absolute Gasteiger partial charge is 0.469 e. The zero-order valence-corrected chi connectivity index (χ0v) is 9.36. The van der Waals surface area contributed by atoms with Crippen molar-refractivity contribution in [2.45, 2.75) is 38.7 Å². The number of allylic oxidation sites excluding steroid dienone is 1. The third kappa shape index (κ3) is 2.51. The Morgan fingerprint density at radius 3 is 2.67 bits per heavy atom. The van der Waals surface area contributed by atoms with Crippen molar-refractivity contribution in [2.75, 3.05) is 0 Å². The minimum atomic E-state index is -0.715. The van der Waals surface area contributed by atoms with Crippen LogP contribution in [0.25, 0.3) is 0 Å². The van der Waals surface area contributed by atoms with Gasteiger partial charge in [0.25, 0.3) is 0 Å². The van der Waals surface area contributed by atoms with E-state index < -0.39 is 5.60 Å². The van der Waals surface area contributed by atoms with E-state index in [0.29, 0.717) is 6.42 Å². The summed E-state index contributed by atoms with van der Waals surface area (Å²) in [5, 5.41) is 10.3. The number of aliphatic hydroxyl groups is 1. The van der Waals surface area contributed by atoms with Crippen LogP contribution in [0.15, 0.2) is 35.0 Å². The van der Waals surface area contributed by atoms with E-state index in [0.717, 1.165) is 18.6 Å². The Labute approximate surface area is 90.6 Å². The van der Waals surface area contributed by atoms with Gasteiger partial charge in [0, 0.05) is 6.42 Å². The molecule has 1 aliphatic rings. The van der Waals surface area contributed by atoms with E-state index in [4.69, 9.17) is 4.42 Å². The van der Waals surface area contributed by atoms with Crippen molar-refractivity contribution in [3.05, 3.63) is 36.3 Å². The second-order valence-corrected chi connectivity index (χ2v) is 5.18. The highest BCUT2D eigenvalue weighted by Gasteiger charge is 2.32. The Morgan fingerprint density at radius 1 is 1.33 bits per heavy atom. The molecule has 1 aromatic heterocycles. The monoisotopic (exact) mass is 206 g/mol. The van der Waals surface area contributed by atoms with Crippen LogP contribution < -0.4 is 0 Å². The van der Waals surface area contributed by atoms with Gasteiger partial charge < -0.3 is 9.52 Å². The minimum Gasteiger partial charge on any atom is -0.469 e.